The highest BCUT2D eigenvalue weighted by Crippen LogP contribution is 2.25. The fourth-order valence-electron chi connectivity index (χ4n) is 1.51. The molecule has 0 spiro atoms. The Balaban J connectivity index is 3.07. The molecule has 2 N–H and O–H groups in total. The number of hydrogen-bond donors (Lipinski definition) is 2. The highest BCUT2D eigenvalue weighted by Gasteiger charge is 2.24. The van der Waals surface area contributed by atoms with Crippen LogP contribution in [0.15, 0.2) is 18.2 Å². The fourth-order valence-corrected chi connectivity index (χ4v) is 2.92. The standard InChI is InChI=1S/C14H15ClN2O3S/c1-2-12(10-16)21(19,20)17-14-9-11(5-3-4-8-18)6-7-13(14)15/h6-7,9,12,17-18H,2,4,8H2,1H3. The van der Waals surface area contributed by atoms with Crippen LogP contribution in [0.2, 0.25) is 5.02 Å². The fraction of sp³-hybridized carbons (Fsp3) is 0.357. The summed E-state index contributed by atoms with van der Waals surface area (Å²) in [6.45, 7) is 1.58. The van der Waals surface area contributed by atoms with Crippen LogP contribution in [0.1, 0.15) is 25.3 Å². The Morgan fingerprint density at radius 2 is 2.19 bits per heavy atom. The average molecular weight is 327 g/mol. The molecule has 1 rings (SSSR count). The molecule has 1 atom stereocenters. The van der Waals surface area contributed by atoms with Crippen molar-refractivity contribution in [1.82, 2.24) is 0 Å². The van der Waals surface area contributed by atoms with Crippen molar-refractivity contribution in [3.8, 4) is 17.9 Å². The molecule has 0 radical (unpaired) electrons. The van der Waals surface area contributed by atoms with Gasteiger partial charge in [0.15, 0.2) is 5.25 Å². The maximum Gasteiger partial charge on any atom is 0.249 e. The van der Waals surface area contributed by atoms with Gasteiger partial charge in [-0.15, -0.1) is 0 Å². The molecule has 0 saturated heterocycles. The molecule has 21 heavy (non-hydrogen) atoms. The molecule has 0 aliphatic carbocycles. The lowest BCUT2D eigenvalue weighted by Gasteiger charge is -2.12. The number of nitrogens with zero attached hydrogens (tertiary/aromatic N) is 1. The molecular formula is C14H15ClN2O3S. The number of nitrogens with one attached hydrogen (secondary N) is 1. The Labute approximate surface area is 129 Å². The van der Waals surface area contributed by atoms with E-state index in [1.807, 2.05) is 0 Å². The number of aliphatic hydroxyl groups excluding tert-OH is 1. The minimum Gasteiger partial charge on any atom is -0.395 e. The second kappa shape index (κ2) is 7.90. The summed E-state index contributed by atoms with van der Waals surface area (Å²) >= 11 is 5.96. The smallest absolute Gasteiger partial charge is 0.249 e. The van der Waals surface area contributed by atoms with Crippen molar-refractivity contribution in [1.29, 1.82) is 5.26 Å². The molecule has 7 heteroatoms. The van der Waals surface area contributed by atoms with Crippen LogP contribution in [0.25, 0.3) is 0 Å². The second-order valence-corrected chi connectivity index (χ2v) is 6.41. The van der Waals surface area contributed by atoms with E-state index >= 15 is 0 Å². The molecule has 1 aromatic carbocycles. The first-order valence-corrected chi connectivity index (χ1v) is 8.17. The van der Waals surface area contributed by atoms with Crippen LogP contribution in [-0.4, -0.2) is 25.4 Å². The Bertz CT molecular complexity index is 699. The topological polar surface area (TPSA) is 90.2 Å². The van der Waals surface area contributed by atoms with Gasteiger partial charge in [-0.05, 0) is 24.6 Å². The number of anilines is 1. The highest BCUT2D eigenvalue weighted by molar-refractivity contribution is 7.93. The van der Waals surface area contributed by atoms with Gasteiger partial charge in [-0.2, -0.15) is 5.26 Å². The van der Waals surface area contributed by atoms with Crippen molar-refractivity contribution in [2.45, 2.75) is 25.0 Å². The minimum absolute atomic E-state index is 0.0412. The third kappa shape index (κ3) is 4.95. The maximum absolute atomic E-state index is 12.0. The summed E-state index contributed by atoms with van der Waals surface area (Å²) in [4.78, 5) is 0. The number of nitriles is 1. The highest BCUT2D eigenvalue weighted by atomic mass is 35.5. The van der Waals surface area contributed by atoms with Crippen LogP contribution in [0, 0.1) is 23.2 Å². The summed E-state index contributed by atoms with van der Waals surface area (Å²) in [5.41, 5.74) is 0.747. The molecule has 1 aromatic rings. The van der Waals surface area contributed by atoms with Crippen molar-refractivity contribution in [3.05, 3.63) is 28.8 Å². The Hall–Kier alpha value is -1.73. The zero-order valence-corrected chi connectivity index (χ0v) is 13.0. The Morgan fingerprint density at radius 3 is 2.76 bits per heavy atom. The quantitative estimate of drug-likeness (QED) is 0.811. The van der Waals surface area contributed by atoms with Gasteiger partial charge in [-0.3, -0.25) is 4.72 Å². The first-order valence-electron chi connectivity index (χ1n) is 6.25. The molecule has 0 saturated carbocycles. The van der Waals surface area contributed by atoms with E-state index < -0.39 is 15.3 Å². The lowest BCUT2D eigenvalue weighted by Crippen LogP contribution is -2.26. The van der Waals surface area contributed by atoms with Gasteiger partial charge in [0.25, 0.3) is 0 Å². The molecular weight excluding hydrogens is 312 g/mol. The molecule has 0 amide bonds. The van der Waals surface area contributed by atoms with Gasteiger partial charge in [0.1, 0.15) is 0 Å². The van der Waals surface area contributed by atoms with Crippen LogP contribution in [0.4, 0.5) is 5.69 Å². The van der Waals surface area contributed by atoms with Crippen LogP contribution >= 0.6 is 11.6 Å². The second-order valence-electron chi connectivity index (χ2n) is 4.14. The summed E-state index contributed by atoms with van der Waals surface area (Å²) in [5, 5.41) is 16.6. The van der Waals surface area contributed by atoms with Gasteiger partial charge in [0.05, 0.1) is 23.4 Å². The zero-order valence-electron chi connectivity index (χ0n) is 11.4. The van der Waals surface area contributed by atoms with Crippen LogP contribution < -0.4 is 4.72 Å². The monoisotopic (exact) mass is 326 g/mol. The number of hydrogen-bond acceptors (Lipinski definition) is 4. The summed E-state index contributed by atoms with van der Waals surface area (Å²) in [6, 6.07) is 6.40. The normalized spacial score (nSPS) is 11.9. The number of benzene rings is 1. The number of halogens is 1. The maximum atomic E-state index is 12.0. The molecule has 0 aliphatic heterocycles. The molecule has 1 unspecified atom stereocenters. The molecule has 112 valence electrons. The summed E-state index contributed by atoms with van der Waals surface area (Å²) < 4.78 is 26.4. The largest absolute Gasteiger partial charge is 0.395 e. The van der Waals surface area contributed by atoms with E-state index in [0.29, 0.717) is 12.0 Å². The average Bonchev–Trinajstić information content (AvgIpc) is 2.43. The number of sulfonamides is 1. The van der Waals surface area contributed by atoms with Gasteiger partial charge < -0.3 is 5.11 Å². The lowest BCUT2D eigenvalue weighted by atomic mass is 10.2. The van der Waals surface area contributed by atoms with E-state index in [2.05, 4.69) is 16.6 Å². The molecule has 0 bridgehead atoms. The lowest BCUT2D eigenvalue weighted by molar-refractivity contribution is 0.305. The van der Waals surface area contributed by atoms with Crippen LogP contribution in [0.3, 0.4) is 0 Å². The van der Waals surface area contributed by atoms with Gasteiger partial charge in [-0.1, -0.05) is 30.4 Å². The van der Waals surface area contributed by atoms with E-state index in [1.54, 1.807) is 19.1 Å². The SMILES string of the molecule is CCC(C#N)S(=O)(=O)Nc1cc(C#CCCO)ccc1Cl. The molecule has 0 heterocycles. The third-order valence-corrected chi connectivity index (χ3v) is 4.60. The predicted octanol–water partition coefficient (Wildman–Crippen LogP) is 2.12. The molecule has 0 fully saturated rings. The van der Waals surface area contributed by atoms with E-state index in [9.17, 15) is 8.42 Å². The van der Waals surface area contributed by atoms with Crippen molar-refractivity contribution < 1.29 is 13.5 Å². The Kier molecular flexibility index (Phi) is 6.51. The van der Waals surface area contributed by atoms with E-state index in [-0.39, 0.29) is 23.7 Å². The summed E-state index contributed by atoms with van der Waals surface area (Å²) in [5.74, 6) is 5.52. The molecule has 0 aromatic heterocycles. The van der Waals surface area contributed by atoms with E-state index in [1.165, 1.54) is 12.1 Å². The third-order valence-electron chi connectivity index (χ3n) is 2.58. The van der Waals surface area contributed by atoms with E-state index in [4.69, 9.17) is 22.0 Å². The first-order chi connectivity index (χ1) is 9.94. The van der Waals surface area contributed by atoms with E-state index in [0.717, 1.165) is 0 Å². The van der Waals surface area contributed by atoms with Crippen LogP contribution in [0.5, 0.6) is 0 Å². The van der Waals surface area contributed by atoms with Crippen molar-refractivity contribution in [2.24, 2.45) is 0 Å². The number of aliphatic hydroxyl groups is 1. The van der Waals surface area contributed by atoms with Crippen LogP contribution in [-0.2, 0) is 10.0 Å². The van der Waals surface area contributed by atoms with Crippen molar-refractivity contribution >= 4 is 27.3 Å². The van der Waals surface area contributed by atoms with Gasteiger partial charge in [0, 0.05) is 12.0 Å². The molecule has 0 aliphatic rings. The van der Waals surface area contributed by atoms with Crippen molar-refractivity contribution in [2.75, 3.05) is 11.3 Å². The van der Waals surface area contributed by atoms with Gasteiger partial charge in [0.2, 0.25) is 10.0 Å². The number of rotatable bonds is 5. The van der Waals surface area contributed by atoms with Gasteiger partial charge >= 0.3 is 0 Å². The first kappa shape index (κ1) is 17.3. The predicted molar refractivity (Wildman–Crippen MR) is 82.3 cm³/mol. The van der Waals surface area contributed by atoms with Gasteiger partial charge in [-0.25, -0.2) is 8.42 Å². The Morgan fingerprint density at radius 1 is 1.48 bits per heavy atom. The summed E-state index contributed by atoms with van der Waals surface area (Å²) in [6.07, 6.45) is 0.509. The minimum atomic E-state index is -3.82. The zero-order chi connectivity index (χ0) is 15.9. The molecule has 5 nitrogen and oxygen atoms in total. The van der Waals surface area contributed by atoms with Crippen molar-refractivity contribution in [3.63, 3.8) is 0 Å². The summed E-state index contributed by atoms with van der Waals surface area (Å²) in [7, 11) is -3.82.